The molecule has 0 radical (unpaired) electrons. The average molecular weight is 1660 g/mol. The molecule has 0 N–H and O–H groups in total. The molecular formula is C130H98. The van der Waals surface area contributed by atoms with E-state index in [9.17, 15) is 0 Å². The Bertz CT molecular complexity index is 8020. The van der Waals surface area contributed by atoms with Gasteiger partial charge in [-0.05, 0) is 356 Å². The fraction of sp³-hybridized carbons (Fsp3) is 0.123. The van der Waals surface area contributed by atoms with E-state index < -0.39 is 0 Å². The van der Waals surface area contributed by atoms with Crippen molar-refractivity contribution in [1.82, 2.24) is 0 Å². The lowest BCUT2D eigenvalue weighted by molar-refractivity contribution is 0.568. The molecule has 25 rings (SSSR count). The number of hydrogen-bond acceptors (Lipinski definition) is 0. The van der Waals surface area contributed by atoms with Crippen molar-refractivity contribution >= 4 is 108 Å². The first-order valence-corrected chi connectivity index (χ1v) is 46.5. The molecule has 0 aromatic heterocycles. The van der Waals surface area contributed by atoms with Gasteiger partial charge in [-0.2, -0.15) is 0 Å². The van der Waals surface area contributed by atoms with Gasteiger partial charge in [0.05, 0.1) is 0 Å². The van der Waals surface area contributed by atoms with Crippen molar-refractivity contribution in [3.63, 3.8) is 0 Å². The van der Waals surface area contributed by atoms with Crippen LogP contribution in [0.5, 0.6) is 0 Å². The van der Waals surface area contributed by atoms with Gasteiger partial charge in [0.1, 0.15) is 0 Å². The maximum Gasteiger partial charge on any atom is -0.000115 e. The molecule has 0 fully saturated rings. The molecule has 618 valence electrons. The van der Waals surface area contributed by atoms with Crippen molar-refractivity contribution in [2.45, 2.75) is 105 Å². The monoisotopic (exact) mass is 1660 g/mol. The van der Waals surface area contributed by atoms with E-state index in [2.05, 4.69) is 459 Å². The lowest BCUT2D eigenvalue weighted by atomic mass is 9.74. The second-order valence-electron chi connectivity index (χ2n) is 41.3. The molecule has 0 atom stereocenters. The van der Waals surface area contributed by atoms with Crippen molar-refractivity contribution in [3.8, 4) is 156 Å². The zero-order valence-corrected chi connectivity index (χ0v) is 75.8. The number of rotatable bonds is 10. The normalized spacial score (nSPS) is 12.8. The molecule has 0 saturated carbocycles. The Morgan fingerprint density at radius 1 is 0.123 bits per heavy atom. The van der Waals surface area contributed by atoms with Gasteiger partial charge < -0.3 is 0 Å². The second-order valence-corrected chi connectivity index (χ2v) is 41.3. The van der Waals surface area contributed by atoms with Gasteiger partial charge in [0, 0.05) is 0 Å². The third kappa shape index (κ3) is 11.8. The van der Waals surface area contributed by atoms with E-state index in [0.717, 1.165) is 22.3 Å². The van der Waals surface area contributed by atoms with E-state index in [1.54, 1.807) is 0 Å². The molecule has 0 heteroatoms. The standard InChI is InChI=1S/C130H98/c1-127(2,3)93-65-91(66-94(69-93)128(4,5)6)113-105-71-101(75-33-19-13-20-34-75)102(76-35-21-14-22-36-76)72-106(105)114(92-67-95(129(7,8)9)70-96(68-92)130(10,11)12)122-98-58-60-100-120-99(59-57-97(119(98)120)121(113)122)123-117(79-41-27-17-28-42-79)125-115(89-61-85-53-49-81-45-31-46-82-50-54-86(62-89)111(85)109(81)82)107-73-103(77-37-23-15-24-38-77)104(78-39-25-16-26-40-78)74-108(107)116(126(125)118(124(100)123)80-43-29-18-30-44-80)90-63-87-55-51-83-47-32-48-84-52-56-88(64-90)112(87)110(83)84/h13-74H,1-12H3. The van der Waals surface area contributed by atoms with Crippen LogP contribution in [0.3, 0.4) is 0 Å². The molecule has 2 aliphatic carbocycles. The predicted octanol–water partition coefficient (Wildman–Crippen LogP) is 37.2. The molecule has 0 nitrogen and oxygen atoms in total. The van der Waals surface area contributed by atoms with Gasteiger partial charge in [-0.25, -0.2) is 0 Å². The summed E-state index contributed by atoms with van der Waals surface area (Å²) in [4.78, 5) is 0. The molecule has 0 saturated heterocycles. The molecule has 0 bridgehead atoms. The van der Waals surface area contributed by atoms with Crippen LogP contribution in [-0.4, -0.2) is 0 Å². The van der Waals surface area contributed by atoms with Crippen molar-refractivity contribution in [2.75, 3.05) is 0 Å². The fourth-order valence-electron chi connectivity index (χ4n) is 23.0. The molecule has 0 unspecified atom stereocenters. The Morgan fingerprint density at radius 2 is 0.338 bits per heavy atom. The Labute approximate surface area is 761 Å². The van der Waals surface area contributed by atoms with Crippen LogP contribution in [-0.2, 0) is 21.7 Å². The second kappa shape index (κ2) is 28.3. The Morgan fingerprint density at radius 3 is 0.592 bits per heavy atom. The van der Waals surface area contributed by atoms with Crippen LogP contribution in [0.4, 0.5) is 0 Å². The third-order valence-electron chi connectivity index (χ3n) is 29.3. The summed E-state index contributed by atoms with van der Waals surface area (Å²) in [5.74, 6) is 0. The first-order valence-electron chi connectivity index (χ1n) is 46.5. The largest absolute Gasteiger partial charge is 0.0622 e. The highest BCUT2D eigenvalue weighted by Gasteiger charge is 2.41. The van der Waals surface area contributed by atoms with Gasteiger partial charge in [-0.3, -0.25) is 0 Å². The smallest absolute Gasteiger partial charge is 0.000115 e. The Balaban J connectivity index is 0.911. The molecular weight excluding hydrogens is 1560 g/mol. The van der Waals surface area contributed by atoms with Crippen molar-refractivity contribution in [1.29, 1.82) is 0 Å². The molecule has 0 heterocycles. The predicted molar refractivity (Wildman–Crippen MR) is 562 cm³/mol. The third-order valence-corrected chi connectivity index (χ3v) is 29.3. The SMILES string of the molecule is CC(C)(C)c1cc(-c2c3c(c(-c4cc(C(C)(C)C)cc(C(C)(C)C)c4)c4cc(-c5ccccc5)c(-c5ccccc5)cc24)-c2ccc4c5c(ccc-3c25)-c2c-4c(-c3ccccc3)c3c(-c4cc5ccc6cccc7ccc(c4)c5c67)c4cc(-c5ccccc5)c(-c5ccccc5)cc4c(-c4cc5ccc6cccc7ccc(c4)c5c67)c3c2-c2ccccc2)cc(C(C)(C)C)c1. The van der Waals surface area contributed by atoms with Crippen LogP contribution < -0.4 is 0 Å². The van der Waals surface area contributed by atoms with Gasteiger partial charge in [0.25, 0.3) is 0 Å². The molecule has 0 aliphatic heterocycles. The summed E-state index contributed by atoms with van der Waals surface area (Å²) in [5, 5.41) is 25.0. The minimum Gasteiger partial charge on any atom is -0.0622 e. The number of fused-ring (bicyclic) bond motifs is 9. The summed E-state index contributed by atoms with van der Waals surface area (Å²) >= 11 is 0. The Kier molecular flexibility index (Phi) is 16.9. The first-order chi connectivity index (χ1) is 63.0. The quantitative estimate of drug-likeness (QED) is 0.0946. The van der Waals surface area contributed by atoms with Crippen molar-refractivity contribution in [3.05, 3.63) is 398 Å². The van der Waals surface area contributed by atoms with Crippen molar-refractivity contribution in [2.24, 2.45) is 0 Å². The van der Waals surface area contributed by atoms with Gasteiger partial charge >= 0.3 is 0 Å². The fourth-order valence-corrected chi connectivity index (χ4v) is 23.0. The molecule has 130 heavy (non-hydrogen) atoms. The Hall–Kier alpha value is -14.8. The molecule has 23 aromatic carbocycles. The number of hydrogen-bond donors (Lipinski definition) is 0. The summed E-state index contributed by atoms with van der Waals surface area (Å²) in [5.41, 5.74) is 38.6. The summed E-state index contributed by atoms with van der Waals surface area (Å²) in [7, 11) is 0. The van der Waals surface area contributed by atoms with Gasteiger partial charge in [-0.1, -0.05) is 411 Å². The molecule has 2 aliphatic rings. The van der Waals surface area contributed by atoms with Crippen molar-refractivity contribution < 1.29 is 0 Å². The van der Waals surface area contributed by atoms with E-state index >= 15 is 0 Å². The van der Waals surface area contributed by atoms with Crippen LogP contribution >= 0.6 is 0 Å². The van der Waals surface area contributed by atoms with Crippen LogP contribution in [0.1, 0.15) is 105 Å². The maximum atomic E-state index is 2.62. The van der Waals surface area contributed by atoms with Gasteiger partial charge in [-0.15, -0.1) is 0 Å². The minimum absolute atomic E-state index is 0.184. The van der Waals surface area contributed by atoms with Gasteiger partial charge in [0.15, 0.2) is 0 Å². The van der Waals surface area contributed by atoms with Crippen LogP contribution in [0.15, 0.2) is 376 Å². The van der Waals surface area contributed by atoms with E-state index in [1.165, 1.54) is 264 Å². The summed E-state index contributed by atoms with van der Waals surface area (Å²) in [6.45, 7) is 28.8. The average Bonchev–Trinajstić information content (AvgIpc) is 1.47. The summed E-state index contributed by atoms with van der Waals surface area (Å²) in [6, 6.07) is 147. The zero-order valence-electron chi connectivity index (χ0n) is 75.8. The summed E-state index contributed by atoms with van der Waals surface area (Å²) < 4.78 is 0. The highest BCUT2D eigenvalue weighted by Crippen LogP contribution is 2.68. The van der Waals surface area contributed by atoms with E-state index in [0.29, 0.717) is 0 Å². The van der Waals surface area contributed by atoms with E-state index in [1.807, 2.05) is 0 Å². The molecule has 0 amide bonds. The highest BCUT2D eigenvalue weighted by atomic mass is 14.4. The first kappa shape index (κ1) is 77.5. The lowest BCUT2D eigenvalue weighted by Gasteiger charge is -2.29. The minimum atomic E-state index is -0.184. The van der Waals surface area contributed by atoms with Crippen LogP contribution in [0, 0.1) is 0 Å². The van der Waals surface area contributed by atoms with Crippen LogP contribution in [0.25, 0.3) is 264 Å². The summed E-state index contributed by atoms with van der Waals surface area (Å²) in [6.07, 6.45) is 0. The van der Waals surface area contributed by atoms with Crippen LogP contribution in [0.2, 0.25) is 0 Å². The molecule has 23 aromatic rings. The van der Waals surface area contributed by atoms with E-state index in [4.69, 9.17) is 0 Å². The topological polar surface area (TPSA) is 0 Å². The molecule has 0 spiro atoms. The maximum absolute atomic E-state index is 2.62. The van der Waals surface area contributed by atoms with Gasteiger partial charge in [0.2, 0.25) is 0 Å². The lowest BCUT2D eigenvalue weighted by Crippen LogP contribution is -2.17. The number of benzene rings is 23. The zero-order chi connectivity index (χ0) is 87.9. The van der Waals surface area contributed by atoms with E-state index in [-0.39, 0.29) is 21.7 Å². The highest BCUT2D eigenvalue weighted by molar-refractivity contribution is 6.40.